The molecule has 0 saturated carbocycles. The Bertz CT molecular complexity index is 722. The summed E-state index contributed by atoms with van der Waals surface area (Å²) in [6.07, 6.45) is 8.68. The molecule has 3 heteroatoms. The van der Waals surface area contributed by atoms with E-state index in [2.05, 4.69) is 55.5 Å². The first-order valence-corrected chi connectivity index (χ1v) is 14.9. The van der Waals surface area contributed by atoms with Gasteiger partial charge in [0.2, 0.25) is 0 Å². The second-order valence-corrected chi connectivity index (χ2v) is 10.4. The van der Waals surface area contributed by atoms with Gasteiger partial charge in [-0.25, -0.2) is 0 Å². The van der Waals surface area contributed by atoms with E-state index in [0.717, 1.165) is 12.8 Å². The van der Waals surface area contributed by atoms with Crippen molar-refractivity contribution in [3.63, 3.8) is 0 Å². The summed E-state index contributed by atoms with van der Waals surface area (Å²) < 4.78 is 0. The zero-order valence-electron chi connectivity index (χ0n) is 14.0. The predicted octanol–water partition coefficient (Wildman–Crippen LogP) is 6.69. The molecular formula is C21H22Cl2Zr. The Morgan fingerprint density at radius 3 is 2.38 bits per heavy atom. The van der Waals surface area contributed by atoms with Crippen molar-refractivity contribution in [2.24, 2.45) is 0 Å². The van der Waals surface area contributed by atoms with Gasteiger partial charge in [-0.05, 0) is 71.4 Å². The van der Waals surface area contributed by atoms with Crippen LogP contribution in [0.2, 0.25) is 0 Å². The van der Waals surface area contributed by atoms with E-state index in [-0.39, 0.29) is 0 Å². The number of aryl methyl sites for hydroxylation is 2. The maximum absolute atomic E-state index is 4.93. The molecule has 0 fully saturated rings. The van der Waals surface area contributed by atoms with Gasteiger partial charge in [-0.3, -0.25) is 0 Å². The second kappa shape index (κ2) is 8.84. The first-order chi connectivity index (χ1) is 11.7. The van der Waals surface area contributed by atoms with Crippen molar-refractivity contribution >= 4 is 22.6 Å². The fourth-order valence-corrected chi connectivity index (χ4v) is 3.91. The Morgan fingerprint density at radius 2 is 1.67 bits per heavy atom. The van der Waals surface area contributed by atoms with Gasteiger partial charge in [-0.2, -0.15) is 0 Å². The maximum atomic E-state index is 4.93. The van der Waals surface area contributed by atoms with Gasteiger partial charge in [0, 0.05) is 0 Å². The molecule has 2 aliphatic rings. The summed E-state index contributed by atoms with van der Waals surface area (Å²) in [4.78, 5) is 0. The van der Waals surface area contributed by atoms with E-state index in [1.807, 2.05) is 0 Å². The van der Waals surface area contributed by atoms with Crippen LogP contribution in [0, 0.1) is 0 Å². The minimum atomic E-state index is -0.826. The molecule has 0 N–H and O–H groups in total. The minimum absolute atomic E-state index is 0.594. The average molecular weight is 437 g/mol. The van der Waals surface area contributed by atoms with Crippen molar-refractivity contribution in [2.45, 2.75) is 44.9 Å². The summed E-state index contributed by atoms with van der Waals surface area (Å²) in [7, 11) is 9.87. The van der Waals surface area contributed by atoms with Gasteiger partial charge in [0.1, 0.15) is 0 Å². The van der Waals surface area contributed by atoms with Crippen molar-refractivity contribution in [3.05, 3.63) is 76.4 Å². The van der Waals surface area contributed by atoms with Gasteiger partial charge in [0.25, 0.3) is 0 Å². The van der Waals surface area contributed by atoms with Crippen LogP contribution >= 0.6 is 17.0 Å². The molecule has 0 spiro atoms. The van der Waals surface area contributed by atoms with Crippen LogP contribution in [0.3, 0.4) is 0 Å². The van der Waals surface area contributed by atoms with Crippen molar-refractivity contribution in [3.8, 4) is 0 Å². The molecule has 0 aliphatic heterocycles. The molecule has 124 valence electrons. The number of hydrogen-bond donors (Lipinski definition) is 0. The summed E-state index contributed by atoms with van der Waals surface area (Å²) in [6, 6.07) is 15.9. The molecule has 0 heterocycles. The van der Waals surface area contributed by atoms with Gasteiger partial charge in [0.15, 0.2) is 0 Å². The van der Waals surface area contributed by atoms with Crippen LogP contribution in [0.25, 0.3) is 5.57 Å². The molecule has 0 aromatic heterocycles. The van der Waals surface area contributed by atoms with Crippen molar-refractivity contribution < 1.29 is 20.8 Å². The molecule has 0 amide bonds. The summed E-state index contributed by atoms with van der Waals surface area (Å²) >= 11 is -0.826. The molecule has 2 aliphatic carbocycles. The van der Waals surface area contributed by atoms with Gasteiger partial charge in [-0.15, -0.1) is 0 Å². The van der Waals surface area contributed by atoms with Crippen molar-refractivity contribution in [1.29, 1.82) is 0 Å². The van der Waals surface area contributed by atoms with Crippen LogP contribution in [0.5, 0.6) is 0 Å². The third-order valence-corrected chi connectivity index (χ3v) is 5.13. The zero-order chi connectivity index (χ0) is 16.9. The molecule has 24 heavy (non-hydrogen) atoms. The Labute approximate surface area is 163 Å². The van der Waals surface area contributed by atoms with Crippen molar-refractivity contribution in [1.82, 2.24) is 0 Å². The van der Waals surface area contributed by atoms with Crippen LogP contribution in [0.1, 0.15) is 53.5 Å². The number of allylic oxidation sites excluding steroid dienone is 2. The fraction of sp³-hybridized carbons (Fsp3) is 0.333. The summed E-state index contributed by atoms with van der Waals surface area (Å²) in [6.45, 7) is 2.35. The molecular weight excluding hydrogens is 414 g/mol. The number of hydrogen-bond acceptors (Lipinski definition) is 0. The summed E-state index contributed by atoms with van der Waals surface area (Å²) in [5, 5.41) is 0. The molecule has 0 nitrogen and oxygen atoms in total. The van der Waals surface area contributed by atoms with E-state index in [0.29, 0.717) is 5.92 Å². The molecule has 0 bridgehead atoms. The van der Waals surface area contributed by atoms with Crippen molar-refractivity contribution in [2.75, 3.05) is 0 Å². The third kappa shape index (κ3) is 4.24. The third-order valence-electron chi connectivity index (χ3n) is 5.13. The molecule has 2 aromatic carbocycles. The Hall–Kier alpha value is -0.357. The molecule has 2 aromatic rings. The quantitative estimate of drug-likeness (QED) is 0.503. The zero-order valence-corrected chi connectivity index (χ0v) is 18.0. The van der Waals surface area contributed by atoms with Gasteiger partial charge < -0.3 is 0 Å². The first kappa shape index (κ1) is 18.4. The molecule has 0 saturated heterocycles. The van der Waals surface area contributed by atoms with Crippen LogP contribution in [-0.4, -0.2) is 0 Å². The van der Waals surface area contributed by atoms with Gasteiger partial charge >= 0.3 is 37.9 Å². The van der Waals surface area contributed by atoms with E-state index in [9.17, 15) is 0 Å². The van der Waals surface area contributed by atoms with E-state index in [4.69, 9.17) is 17.0 Å². The van der Waals surface area contributed by atoms with E-state index < -0.39 is 20.8 Å². The summed E-state index contributed by atoms with van der Waals surface area (Å²) in [5.41, 5.74) is 9.34. The Balaban J connectivity index is 0.000000526. The van der Waals surface area contributed by atoms with Crippen LogP contribution in [-0.2, 0) is 40.1 Å². The molecule has 0 radical (unpaired) electrons. The Kier molecular flexibility index (Phi) is 6.79. The van der Waals surface area contributed by atoms with E-state index in [1.165, 1.54) is 24.8 Å². The molecule has 1 unspecified atom stereocenters. The fourth-order valence-electron chi connectivity index (χ4n) is 3.91. The van der Waals surface area contributed by atoms with Gasteiger partial charge in [0.05, 0.1) is 0 Å². The second-order valence-electron chi connectivity index (χ2n) is 6.65. The average Bonchev–Trinajstić information content (AvgIpc) is 3.21. The first-order valence-electron chi connectivity index (χ1n) is 8.58. The summed E-state index contributed by atoms with van der Waals surface area (Å²) in [5.74, 6) is 0.594. The Morgan fingerprint density at radius 1 is 1.00 bits per heavy atom. The number of benzene rings is 2. The monoisotopic (exact) mass is 434 g/mol. The molecule has 1 atom stereocenters. The normalized spacial score (nSPS) is 15.7. The van der Waals surface area contributed by atoms with Crippen LogP contribution in [0.4, 0.5) is 0 Å². The van der Waals surface area contributed by atoms with Crippen LogP contribution in [0.15, 0.2) is 48.5 Å². The molecule has 4 rings (SSSR count). The topological polar surface area (TPSA) is 0 Å². The SMILES string of the molecule is CC(CC1=CCc2cc3c(cc21)CCC3)c1ccccc1.[Cl][Zr][Cl]. The van der Waals surface area contributed by atoms with Crippen LogP contribution < -0.4 is 0 Å². The number of fused-ring (bicyclic) bond motifs is 2. The number of halogens is 2. The number of rotatable bonds is 3. The predicted molar refractivity (Wildman–Crippen MR) is 101 cm³/mol. The van der Waals surface area contributed by atoms with E-state index >= 15 is 0 Å². The van der Waals surface area contributed by atoms with Gasteiger partial charge in [-0.1, -0.05) is 55.5 Å². The van der Waals surface area contributed by atoms with E-state index in [1.54, 1.807) is 27.8 Å². The standard InChI is InChI=1S/C21H22.2ClH.Zr/c1-15(16-6-3-2-4-7-16)12-19-10-11-20-13-17-8-5-9-18(17)14-21(19)20;;;/h2-4,6-7,10,13-15H,5,8-9,11-12H2,1H3;2*1H;/q;;;+2/p-2.